The molecule has 0 heterocycles. The second kappa shape index (κ2) is 4.96. The lowest BCUT2D eigenvalue weighted by atomic mass is 10.4. The summed E-state index contributed by atoms with van der Waals surface area (Å²) < 4.78 is 38.3. The first-order valence-corrected chi connectivity index (χ1v) is 6.46. The minimum Gasteiger partial charge on any atom is -0.208 e. The Morgan fingerprint density at radius 2 is 1.93 bits per heavy atom. The van der Waals surface area contributed by atoms with E-state index in [0.29, 0.717) is 5.75 Å². The van der Waals surface area contributed by atoms with Crippen molar-refractivity contribution in [2.24, 2.45) is 0 Å². The smallest absolute Gasteiger partial charge is 0.208 e. The second-order valence-corrected chi connectivity index (χ2v) is 5.24. The van der Waals surface area contributed by atoms with Crippen LogP contribution in [0.15, 0.2) is 29.2 Å². The van der Waals surface area contributed by atoms with Crippen LogP contribution in [-0.2, 0) is 10.0 Å². The van der Waals surface area contributed by atoms with Gasteiger partial charge in [0.1, 0.15) is 5.82 Å². The Labute approximate surface area is 94.2 Å². The first kappa shape index (κ1) is 12.5. The van der Waals surface area contributed by atoms with E-state index in [9.17, 15) is 12.8 Å². The lowest BCUT2D eigenvalue weighted by molar-refractivity contribution is 0.570. The highest BCUT2D eigenvalue weighted by Crippen LogP contribution is 2.10. The minimum absolute atomic E-state index is 0.0533. The Morgan fingerprint density at radius 3 is 2.40 bits per heavy atom. The molecule has 0 saturated heterocycles. The molecule has 84 valence electrons. The minimum atomic E-state index is -3.55. The van der Waals surface area contributed by atoms with Crippen molar-refractivity contribution >= 4 is 22.7 Å². The van der Waals surface area contributed by atoms with Gasteiger partial charge in [-0.25, -0.2) is 17.5 Å². The Balaban J connectivity index is 2.91. The molecule has 0 unspecified atom stereocenters. The molecule has 0 aliphatic rings. The van der Waals surface area contributed by atoms with Crippen LogP contribution in [-0.4, -0.2) is 20.2 Å². The molecule has 1 aromatic rings. The Hall–Kier alpha value is -0.590. The van der Waals surface area contributed by atoms with Crippen molar-refractivity contribution in [2.75, 3.05) is 5.75 Å². The molecule has 0 spiro atoms. The van der Waals surface area contributed by atoms with Crippen LogP contribution in [0.25, 0.3) is 0 Å². The largest absolute Gasteiger partial charge is 0.240 e. The van der Waals surface area contributed by atoms with Crippen molar-refractivity contribution < 1.29 is 12.8 Å². The molecule has 0 saturated carbocycles. The van der Waals surface area contributed by atoms with Gasteiger partial charge in [-0.3, -0.25) is 0 Å². The van der Waals surface area contributed by atoms with Gasteiger partial charge in [-0.05, 0) is 31.2 Å². The van der Waals surface area contributed by atoms with Crippen molar-refractivity contribution in [1.29, 1.82) is 0 Å². The van der Waals surface area contributed by atoms with E-state index in [0.717, 1.165) is 12.1 Å². The Bertz CT molecular complexity index is 416. The summed E-state index contributed by atoms with van der Waals surface area (Å²) in [6.45, 7) is 1.70. The summed E-state index contributed by atoms with van der Waals surface area (Å²) in [6, 6.07) is 4.41. The van der Waals surface area contributed by atoms with Gasteiger partial charge >= 0.3 is 0 Å². The van der Waals surface area contributed by atoms with E-state index in [-0.39, 0.29) is 10.9 Å². The average molecular weight is 249 g/mol. The normalized spacial score (nSPS) is 13.8. The number of benzene rings is 1. The molecule has 3 nitrogen and oxygen atoms in total. The van der Waals surface area contributed by atoms with Gasteiger partial charge < -0.3 is 0 Å². The number of thiol groups is 1. The average Bonchev–Trinajstić information content (AvgIpc) is 2.17. The first-order chi connectivity index (χ1) is 6.95. The third-order valence-electron chi connectivity index (χ3n) is 1.75. The number of sulfonamides is 1. The highest BCUT2D eigenvalue weighted by Gasteiger charge is 2.16. The molecule has 6 heteroatoms. The van der Waals surface area contributed by atoms with Gasteiger partial charge in [0, 0.05) is 11.8 Å². The molecule has 0 aliphatic carbocycles. The molecule has 0 radical (unpaired) electrons. The van der Waals surface area contributed by atoms with Crippen molar-refractivity contribution in [3.05, 3.63) is 30.1 Å². The molecule has 0 aliphatic heterocycles. The zero-order chi connectivity index (χ0) is 11.5. The molecule has 15 heavy (non-hydrogen) atoms. The highest BCUT2D eigenvalue weighted by atomic mass is 32.2. The third-order valence-corrected chi connectivity index (χ3v) is 3.91. The summed E-state index contributed by atoms with van der Waals surface area (Å²) in [5, 5.41) is 0. The van der Waals surface area contributed by atoms with Crippen molar-refractivity contribution in [3.63, 3.8) is 0 Å². The number of hydrogen-bond acceptors (Lipinski definition) is 3. The van der Waals surface area contributed by atoms with Gasteiger partial charge in [0.2, 0.25) is 10.0 Å². The molecule has 0 fully saturated rings. The highest BCUT2D eigenvalue weighted by molar-refractivity contribution is 7.89. The van der Waals surface area contributed by atoms with E-state index in [1.165, 1.54) is 12.1 Å². The summed E-state index contributed by atoms with van der Waals surface area (Å²) in [4.78, 5) is 0.0533. The van der Waals surface area contributed by atoms with E-state index in [1.807, 2.05) is 0 Å². The molecule has 0 bridgehead atoms. The van der Waals surface area contributed by atoms with Crippen LogP contribution in [0.1, 0.15) is 6.92 Å². The van der Waals surface area contributed by atoms with Crippen LogP contribution in [0.5, 0.6) is 0 Å². The van der Waals surface area contributed by atoms with E-state index >= 15 is 0 Å². The topological polar surface area (TPSA) is 46.2 Å². The van der Waals surface area contributed by atoms with Crippen LogP contribution >= 0.6 is 12.6 Å². The maximum atomic E-state index is 12.6. The summed E-state index contributed by atoms with van der Waals surface area (Å²) in [5.74, 6) is -0.0587. The molecular formula is C9H12FNO2S2. The summed E-state index contributed by atoms with van der Waals surface area (Å²) in [7, 11) is -3.55. The van der Waals surface area contributed by atoms with Crippen LogP contribution < -0.4 is 4.72 Å². The Morgan fingerprint density at radius 1 is 1.40 bits per heavy atom. The molecule has 1 N–H and O–H groups in total. The zero-order valence-corrected chi connectivity index (χ0v) is 9.85. The van der Waals surface area contributed by atoms with Gasteiger partial charge in [-0.15, -0.1) is 0 Å². The fourth-order valence-corrected chi connectivity index (χ4v) is 2.44. The quantitative estimate of drug-likeness (QED) is 0.793. The van der Waals surface area contributed by atoms with Gasteiger partial charge in [-0.1, -0.05) is 0 Å². The van der Waals surface area contributed by atoms with Crippen LogP contribution in [0.2, 0.25) is 0 Å². The standard InChI is InChI=1S/C9H12FNO2S2/c1-7(6-14)11-15(12,13)9-4-2-8(10)3-5-9/h2-5,7,11,14H,6H2,1H3/t7-/m1/s1. The summed E-state index contributed by atoms with van der Waals surface area (Å²) in [6.07, 6.45) is 0. The molecule has 1 rings (SSSR count). The maximum absolute atomic E-state index is 12.6. The fourth-order valence-electron chi connectivity index (χ4n) is 0.984. The van der Waals surface area contributed by atoms with Gasteiger partial charge in [0.15, 0.2) is 0 Å². The summed E-state index contributed by atoms with van der Waals surface area (Å²) in [5.41, 5.74) is 0. The predicted octanol–water partition coefficient (Wildman–Crippen LogP) is 1.42. The molecule has 1 aromatic carbocycles. The van der Waals surface area contributed by atoms with Gasteiger partial charge in [0.25, 0.3) is 0 Å². The second-order valence-electron chi connectivity index (χ2n) is 3.16. The van der Waals surface area contributed by atoms with Gasteiger partial charge in [-0.2, -0.15) is 12.6 Å². The fraction of sp³-hybridized carbons (Fsp3) is 0.333. The lowest BCUT2D eigenvalue weighted by Crippen LogP contribution is -2.33. The van der Waals surface area contributed by atoms with E-state index in [2.05, 4.69) is 17.4 Å². The maximum Gasteiger partial charge on any atom is 0.240 e. The number of halogens is 1. The monoisotopic (exact) mass is 249 g/mol. The van der Waals surface area contributed by atoms with E-state index in [1.54, 1.807) is 6.92 Å². The lowest BCUT2D eigenvalue weighted by Gasteiger charge is -2.11. The molecule has 0 amide bonds. The predicted molar refractivity (Wildman–Crippen MR) is 60.0 cm³/mol. The number of hydrogen-bond donors (Lipinski definition) is 2. The van der Waals surface area contributed by atoms with Crippen molar-refractivity contribution in [2.45, 2.75) is 17.9 Å². The number of rotatable bonds is 4. The Kier molecular flexibility index (Phi) is 4.12. The van der Waals surface area contributed by atoms with Crippen molar-refractivity contribution in [3.8, 4) is 0 Å². The number of nitrogens with one attached hydrogen (secondary N) is 1. The van der Waals surface area contributed by atoms with E-state index in [4.69, 9.17) is 0 Å². The first-order valence-electron chi connectivity index (χ1n) is 4.34. The van der Waals surface area contributed by atoms with Crippen molar-refractivity contribution in [1.82, 2.24) is 4.72 Å². The van der Waals surface area contributed by atoms with Crippen LogP contribution in [0.4, 0.5) is 4.39 Å². The molecular weight excluding hydrogens is 237 g/mol. The van der Waals surface area contributed by atoms with Crippen LogP contribution in [0.3, 0.4) is 0 Å². The molecule has 1 atom stereocenters. The SMILES string of the molecule is C[C@H](CS)NS(=O)(=O)c1ccc(F)cc1. The zero-order valence-electron chi connectivity index (χ0n) is 8.14. The van der Waals surface area contributed by atoms with E-state index < -0.39 is 15.8 Å². The van der Waals surface area contributed by atoms with Gasteiger partial charge in [0.05, 0.1) is 4.90 Å². The molecule has 0 aromatic heterocycles. The van der Waals surface area contributed by atoms with Crippen LogP contribution in [0, 0.1) is 5.82 Å². The third kappa shape index (κ3) is 3.48. The summed E-state index contributed by atoms with van der Waals surface area (Å²) >= 11 is 3.97.